The van der Waals surface area contributed by atoms with E-state index in [-0.39, 0.29) is 11.9 Å². The van der Waals surface area contributed by atoms with Crippen molar-refractivity contribution >= 4 is 11.9 Å². The molecule has 0 unspecified atom stereocenters. The summed E-state index contributed by atoms with van der Waals surface area (Å²) in [6, 6.07) is 10.6. The van der Waals surface area contributed by atoms with Crippen LogP contribution in [0, 0.1) is 0 Å². The average molecular weight is 458 g/mol. The minimum absolute atomic E-state index is 0.124. The maximum atomic E-state index is 13.0. The topological polar surface area (TPSA) is 89.6 Å². The molecule has 0 atom stereocenters. The first-order valence-corrected chi connectivity index (χ1v) is 10.8. The summed E-state index contributed by atoms with van der Waals surface area (Å²) in [6.07, 6.45) is 0.634. The van der Waals surface area contributed by atoms with Crippen LogP contribution in [0.1, 0.15) is 15.9 Å². The molecule has 0 aromatic heterocycles. The summed E-state index contributed by atoms with van der Waals surface area (Å²) in [5, 5.41) is 2.95. The van der Waals surface area contributed by atoms with Crippen LogP contribution in [0.5, 0.6) is 23.0 Å². The Kier molecular flexibility index (Phi) is 8.23. The van der Waals surface area contributed by atoms with Crippen LogP contribution in [0.4, 0.5) is 4.79 Å². The van der Waals surface area contributed by atoms with E-state index in [2.05, 4.69) is 5.32 Å². The minimum Gasteiger partial charge on any atom is -0.497 e. The number of carbonyl (C=O) groups is 2. The summed E-state index contributed by atoms with van der Waals surface area (Å²) in [5.41, 5.74) is 1.46. The first-order valence-electron chi connectivity index (χ1n) is 10.8. The van der Waals surface area contributed by atoms with Gasteiger partial charge in [-0.05, 0) is 30.2 Å². The van der Waals surface area contributed by atoms with Gasteiger partial charge in [-0.25, -0.2) is 4.79 Å². The predicted molar refractivity (Wildman–Crippen MR) is 124 cm³/mol. The van der Waals surface area contributed by atoms with Crippen LogP contribution in [0.3, 0.4) is 0 Å². The number of nitrogens with one attached hydrogen (secondary N) is 1. The second-order valence-electron chi connectivity index (χ2n) is 7.51. The molecule has 1 aliphatic rings. The van der Waals surface area contributed by atoms with E-state index in [0.29, 0.717) is 56.2 Å². The molecule has 1 saturated heterocycles. The van der Waals surface area contributed by atoms with Gasteiger partial charge < -0.3 is 34.1 Å². The van der Waals surface area contributed by atoms with Crippen LogP contribution in [0.25, 0.3) is 0 Å². The van der Waals surface area contributed by atoms with Crippen molar-refractivity contribution in [2.45, 2.75) is 6.42 Å². The van der Waals surface area contributed by atoms with E-state index in [9.17, 15) is 9.59 Å². The van der Waals surface area contributed by atoms with Gasteiger partial charge in [-0.1, -0.05) is 6.07 Å². The maximum absolute atomic E-state index is 13.0. The van der Waals surface area contributed by atoms with E-state index in [1.807, 2.05) is 18.2 Å². The van der Waals surface area contributed by atoms with Gasteiger partial charge >= 0.3 is 6.03 Å². The molecule has 0 saturated carbocycles. The number of benzene rings is 2. The molecule has 3 amide bonds. The lowest BCUT2D eigenvalue weighted by Crippen LogP contribution is -2.53. The molecule has 2 aromatic rings. The van der Waals surface area contributed by atoms with Crippen molar-refractivity contribution in [3.8, 4) is 23.0 Å². The van der Waals surface area contributed by atoms with Crippen molar-refractivity contribution in [3.05, 3.63) is 47.5 Å². The number of methoxy groups -OCH3 is 4. The zero-order valence-electron chi connectivity index (χ0n) is 19.6. The molecular formula is C24H31N3O6. The van der Waals surface area contributed by atoms with Crippen LogP contribution in [-0.2, 0) is 6.42 Å². The van der Waals surface area contributed by atoms with Crippen LogP contribution in [0.15, 0.2) is 36.4 Å². The van der Waals surface area contributed by atoms with Gasteiger partial charge in [0.2, 0.25) is 0 Å². The third kappa shape index (κ3) is 5.79. The molecule has 1 aliphatic heterocycles. The molecule has 9 nitrogen and oxygen atoms in total. The summed E-state index contributed by atoms with van der Waals surface area (Å²) < 4.78 is 21.2. The number of ether oxygens (including phenoxy) is 4. The van der Waals surface area contributed by atoms with Crippen LogP contribution in [-0.4, -0.2) is 82.9 Å². The highest BCUT2D eigenvalue weighted by molar-refractivity contribution is 5.97. The Labute approximate surface area is 194 Å². The Hall–Kier alpha value is -3.62. The van der Waals surface area contributed by atoms with Crippen molar-refractivity contribution in [3.63, 3.8) is 0 Å². The van der Waals surface area contributed by atoms with Gasteiger partial charge in [0.15, 0.2) is 0 Å². The van der Waals surface area contributed by atoms with Crippen molar-refractivity contribution in [2.75, 3.05) is 61.2 Å². The minimum atomic E-state index is -0.142. The van der Waals surface area contributed by atoms with E-state index in [4.69, 9.17) is 18.9 Å². The number of hydrogen-bond donors (Lipinski definition) is 1. The van der Waals surface area contributed by atoms with Crippen LogP contribution < -0.4 is 24.3 Å². The zero-order chi connectivity index (χ0) is 23.8. The van der Waals surface area contributed by atoms with Gasteiger partial charge in [0.25, 0.3) is 5.91 Å². The number of rotatable bonds is 8. The molecule has 0 spiro atoms. The van der Waals surface area contributed by atoms with E-state index in [1.54, 1.807) is 49.3 Å². The number of carbonyl (C=O) groups excluding carboxylic acids is 2. The first kappa shape index (κ1) is 24.0. The molecule has 1 heterocycles. The summed E-state index contributed by atoms with van der Waals surface area (Å²) in [7, 11) is 6.30. The molecule has 2 aromatic carbocycles. The number of urea groups is 1. The lowest BCUT2D eigenvalue weighted by Gasteiger charge is -2.35. The van der Waals surface area contributed by atoms with Crippen molar-refractivity contribution < 1.29 is 28.5 Å². The Balaban J connectivity index is 1.50. The zero-order valence-corrected chi connectivity index (χ0v) is 19.6. The van der Waals surface area contributed by atoms with Gasteiger partial charge in [-0.2, -0.15) is 0 Å². The molecule has 9 heteroatoms. The second-order valence-corrected chi connectivity index (χ2v) is 7.51. The smallest absolute Gasteiger partial charge is 0.317 e. The van der Waals surface area contributed by atoms with Gasteiger partial charge in [0.1, 0.15) is 23.0 Å². The lowest BCUT2D eigenvalue weighted by atomic mass is 10.1. The molecule has 0 bridgehead atoms. The lowest BCUT2D eigenvalue weighted by molar-refractivity contribution is 0.0662. The summed E-state index contributed by atoms with van der Waals surface area (Å²) >= 11 is 0. The first-order chi connectivity index (χ1) is 16.0. The average Bonchev–Trinajstić information content (AvgIpc) is 2.87. The third-order valence-electron chi connectivity index (χ3n) is 5.66. The fourth-order valence-electron chi connectivity index (χ4n) is 3.73. The Morgan fingerprint density at radius 3 is 1.97 bits per heavy atom. The van der Waals surface area contributed by atoms with E-state index in [1.165, 1.54) is 7.11 Å². The normalized spacial score (nSPS) is 13.3. The summed E-state index contributed by atoms with van der Waals surface area (Å²) in [4.78, 5) is 29.0. The third-order valence-corrected chi connectivity index (χ3v) is 5.66. The highest BCUT2D eigenvalue weighted by Gasteiger charge is 2.26. The summed E-state index contributed by atoms with van der Waals surface area (Å²) in [5.74, 6) is 2.41. The van der Waals surface area contributed by atoms with Gasteiger partial charge in [-0.3, -0.25) is 4.79 Å². The van der Waals surface area contributed by atoms with Crippen molar-refractivity contribution in [1.29, 1.82) is 0 Å². The van der Waals surface area contributed by atoms with E-state index < -0.39 is 0 Å². The molecule has 1 N–H and O–H groups in total. The maximum Gasteiger partial charge on any atom is 0.317 e. The molecule has 1 fully saturated rings. The van der Waals surface area contributed by atoms with Gasteiger partial charge in [0, 0.05) is 44.9 Å². The molecule has 0 aliphatic carbocycles. The van der Waals surface area contributed by atoms with Crippen LogP contribution in [0.2, 0.25) is 0 Å². The van der Waals surface area contributed by atoms with E-state index in [0.717, 1.165) is 17.1 Å². The van der Waals surface area contributed by atoms with Gasteiger partial charge in [-0.15, -0.1) is 0 Å². The fourth-order valence-corrected chi connectivity index (χ4v) is 3.73. The Bertz CT molecular complexity index is 973. The van der Waals surface area contributed by atoms with E-state index >= 15 is 0 Å². The predicted octanol–water partition coefficient (Wildman–Crippen LogP) is 2.43. The molecule has 33 heavy (non-hydrogen) atoms. The monoisotopic (exact) mass is 457 g/mol. The molecular weight excluding hydrogens is 426 g/mol. The number of nitrogens with zero attached hydrogens (tertiary/aromatic N) is 2. The SMILES string of the molecule is COc1ccc(CCNC(=O)N2CCN(C(=O)c3ccc(OC)cc3OC)CC2)c(OC)c1. The Morgan fingerprint density at radius 1 is 0.788 bits per heavy atom. The quantitative estimate of drug-likeness (QED) is 0.655. The van der Waals surface area contributed by atoms with Crippen molar-refractivity contribution in [1.82, 2.24) is 15.1 Å². The number of amides is 3. The van der Waals surface area contributed by atoms with Gasteiger partial charge in [0.05, 0.1) is 34.0 Å². The number of hydrogen-bond acceptors (Lipinski definition) is 6. The highest BCUT2D eigenvalue weighted by Crippen LogP contribution is 2.26. The van der Waals surface area contributed by atoms with Crippen molar-refractivity contribution in [2.24, 2.45) is 0 Å². The van der Waals surface area contributed by atoms with Crippen LogP contribution >= 0.6 is 0 Å². The number of piperazine rings is 1. The molecule has 178 valence electrons. The fraction of sp³-hybridized carbons (Fsp3) is 0.417. The molecule has 0 radical (unpaired) electrons. The standard InChI is InChI=1S/C24H31N3O6/c1-30-18-6-5-17(21(15-18)32-3)9-10-25-24(29)27-13-11-26(12-14-27)23(28)20-8-7-19(31-2)16-22(20)33-4/h5-8,15-16H,9-14H2,1-4H3,(H,25,29). The Morgan fingerprint density at radius 2 is 1.36 bits per heavy atom. The largest absolute Gasteiger partial charge is 0.497 e. The second kappa shape index (κ2) is 11.3. The highest BCUT2D eigenvalue weighted by atomic mass is 16.5. The molecule has 3 rings (SSSR count). The summed E-state index contributed by atoms with van der Waals surface area (Å²) in [6.45, 7) is 2.30.